The van der Waals surface area contributed by atoms with Crippen molar-refractivity contribution in [2.24, 2.45) is 0 Å². The molecule has 0 amide bonds. The third kappa shape index (κ3) is 4.07. The molecular weight excluding hydrogens is 406 g/mol. The third-order valence-corrected chi connectivity index (χ3v) is 5.69. The first kappa shape index (κ1) is 19.6. The van der Waals surface area contributed by atoms with Gasteiger partial charge in [-0.3, -0.25) is 0 Å². The van der Waals surface area contributed by atoms with Gasteiger partial charge in [-0.1, -0.05) is 35.9 Å². The highest BCUT2D eigenvalue weighted by atomic mass is 35.5. The zero-order valence-corrected chi connectivity index (χ0v) is 15.1. The lowest BCUT2D eigenvalue weighted by Gasteiger charge is -2.13. The Labute approximate surface area is 157 Å². The minimum Gasteiger partial charge on any atom is -0.207 e. The van der Waals surface area contributed by atoms with Crippen molar-refractivity contribution >= 4 is 32.4 Å². The van der Waals surface area contributed by atoms with Gasteiger partial charge in [-0.25, -0.2) is 17.5 Å². The number of nitrogens with one attached hydrogen (secondary N) is 1. The number of hydrogen-bond acceptors (Lipinski definition) is 2. The van der Waals surface area contributed by atoms with E-state index in [0.717, 1.165) is 0 Å². The van der Waals surface area contributed by atoms with Crippen molar-refractivity contribution in [2.45, 2.75) is 17.6 Å². The SMILES string of the molecule is O=S(=O)(NCc1cc(C(F)(F)F)ccc1F)c1cccc2cccc(Cl)c12. The molecule has 0 saturated heterocycles. The zero-order chi connectivity index (χ0) is 19.8. The molecule has 3 aromatic carbocycles. The molecule has 142 valence electrons. The molecule has 3 aromatic rings. The highest BCUT2D eigenvalue weighted by molar-refractivity contribution is 7.89. The van der Waals surface area contributed by atoms with Crippen molar-refractivity contribution < 1.29 is 26.0 Å². The van der Waals surface area contributed by atoms with Gasteiger partial charge in [-0.15, -0.1) is 0 Å². The van der Waals surface area contributed by atoms with Crippen LogP contribution in [0.1, 0.15) is 11.1 Å². The zero-order valence-electron chi connectivity index (χ0n) is 13.5. The van der Waals surface area contributed by atoms with Crippen LogP contribution in [0.5, 0.6) is 0 Å². The summed E-state index contributed by atoms with van der Waals surface area (Å²) >= 11 is 6.10. The molecule has 0 heterocycles. The molecule has 0 radical (unpaired) electrons. The first-order valence-corrected chi connectivity index (χ1v) is 9.48. The molecule has 0 bridgehead atoms. The number of hydrogen-bond donors (Lipinski definition) is 1. The van der Waals surface area contributed by atoms with E-state index >= 15 is 0 Å². The highest BCUT2D eigenvalue weighted by Gasteiger charge is 2.31. The fourth-order valence-electron chi connectivity index (χ4n) is 2.62. The summed E-state index contributed by atoms with van der Waals surface area (Å²) in [5, 5.41) is 1.06. The van der Waals surface area contributed by atoms with E-state index in [4.69, 9.17) is 11.6 Å². The monoisotopic (exact) mass is 417 g/mol. The van der Waals surface area contributed by atoms with Crippen LogP contribution in [0.2, 0.25) is 5.02 Å². The van der Waals surface area contributed by atoms with Crippen molar-refractivity contribution in [3.8, 4) is 0 Å². The second kappa shape index (κ2) is 7.10. The molecule has 0 aliphatic rings. The normalized spacial score (nSPS) is 12.5. The Hall–Kier alpha value is -2.16. The Morgan fingerprint density at radius 1 is 1.00 bits per heavy atom. The van der Waals surface area contributed by atoms with E-state index in [9.17, 15) is 26.0 Å². The lowest BCUT2D eigenvalue weighted by molar-refractivity contribution is -0.137. The Kier molecular flexibility index (Phi) is 5.16. The van der Waals surface area contributed by atoms with Gasteiger partial charge >= 0.3 is 6.18 Å². The van der Waals surface area contributed by atoms with Gasteiger partial charge in [0.25, 0.3) is 0 Å². The van der Waals surface area contributed by atoms with Crippen molar-refractivity contribution in [3.05, 3.63) is 76.6 Å². The summed E-state index contributed by atoms with van der Waals surface area (Å²) in [5.74, 6) is -0.943. The number of sulfonamides is 1. The molecule has 0 aromatic heterocycles. The van der Waals surface area contributed by atoms with Crippen LogP contribution in [0.25, 0.3) is 10.8 Å². The average Bonchev–Trinajstić information content (AvgIpc) is 2.60. The van der Waals surface area contributed by atoms with Crippen molar-refractivity contribution in [2.75, 3.05) is 0 Å². The van der Waals surface area contributed by atoms with Gasteiger partial charge in [0.1, 0.15) is 5.82 Å². The van der Waals surface area contributed by atoms with Gasteiger partial charge in [0, 0.05) is 22.5 Å². The van der Waals surface area contributed by atoms with Crippen LogP contribution in [-0.2, 0) is 22.7 Å². The second-order valence-corrected chi connectivity index (χ2v) is 7.87. The van der Waals surface area contributed by atoms with Gasteiger partial charge in [0.05, 0.1) is 10.5 Å². The van der Waals surface area contributed by atoms with Crippen molar-refractivity contribution in [1.82, 2.24) is 4.72 Å². The minimum absolute atomic E-state index is 0.141. The first-order chi connectivity index (χ1) is 12.6. The molecule has 1 N–H and O–H groups in total. The van der Waals surface area contributed by atoms with E-state index in [1.807, 2.05) is 0 Å². The predicted octanol–water partition coefficient (Wildman–Crippen LogP) is 5.13. The fourth-order valence-corrected chi connectivity index (χ4v) is 4.22. The van der Waals surface area contributed by atoms with Crippen LogP contribution < -0.4 is 4.72 Å². The van der Waals surface area contributed by atoms with Crippen molar-refractivity contribution in [1.29, 1.82) is 0 Å². The highest BCUT2D eigenvalue weighted by Crippen LogP contribution is 2.31. The predicted molar refractivity (Wildman–Crippen MR) is 94.4 cm³/mol. The van der Waals surface area contributed by atoms with Gasteiger partial charge in [0.2, 0.25) is 10.0 Å². The van der Waals surface area contributed by atoms with Crippen LogP contribution in [0.4, 0.5) is 17.6 Å². The van der Waals surface area contributed by atoms with Crippen molar-refractivity contribution in [3.63, 3.8) is 0 Å². The Balaban J connectivity index is 1.96. The maximum absolute atomic E-state index is 13.8. The molecule has 27 heavy (non-hydrogen) atoms. The molecule has 0 aliphatic heterocycles. The lowest BCUT2D eigenvalue weighted by Crippen LogP contribution is -2.24. The smallest absolute Gasteiger partial charge is 0.207 e. The first-order valence-electron chi connectivity index (χ1n) is 7.62. The van der Waals surface area contributed by atoms with E-state index < -0.39 is 39.7 Å². The molecule has 0 aliphatic carbocycles. The van der Waals surface area contributed by atoms with Crippen LogP contribution >= 0.6 is 11.6 Å². The Morgan fingerprint density at radius 2 is 1.67 bits per heavy atom. The maximum atomic E-state index is 13.8. The molecular formula is C18H12ClF4NO2S. The van der Waals surface area contributed by atoms with Crippen LogP contribution in [0, 0.1) is 5.82 Å². The number of benzene rings is 3. The van der Waals surface area contributed by atoms with Crippen LogP contribution in [0.3, 0.4) is 0 Å². The summed E-state index contributed by atoms with van der Waals surface area (Å²) in [5.41, 5.74) is -1.48. The maximum Gasteiger partial charge on any atom is 0.416 e. The van der Waals surface area contributed by atoms with E-state index in [0.29, 0.717) is 23.6 Å². The number of rotatable bonds is 4. The third-order valence-electron chi connectivity index (χ3n) is 3.93. The molecule has 9 heteroatoms. The van der Waals surface area contributed by atoms with E-state index in [2.05, 4.69) is 4.72 Å². The number of alkyl halides is 3. The summed E-state index contributed by atoms with van der Waals surface area (Å²) in [6.07, 6.45) is -4.66. The second-order valence-electron chi connectivity index (χ2n) is 5.72. The van der Waals surface area contributed by atoms with Crippen LogP contribution in [-0.4, -0.2) is 8.42 Å². The molecule has 0 atom stereocenters. The summed E-state index contributed by atoms with van der Waals surface area (Å²) in [6, 6.07) is 11.2. The standard InChI is InChI=1S/C18H12ClF4NO2S/c19-14-5-1-3-11-4-2-6-16(17(11)14)27(25,26)24-10-12-9-13(18(21,22)23)7-8-15(12)20/h1-9,24H,10H2. The molecule has 0 saturated carbocycles. The van der Waals surface area contributed by atoms with E-state index in [-0.39, 0.29) is 15.3 Å². The minimum atomic E-state index is -4.66. The summed E-state index contributed by atoms with van der Waals surface area (Å²) in [4.78, 5) is -0.141. The molecule has 3 nitrogen and oxygen atoms in total. The molecule has 3 rings (SSSR count). The summed E-state index contributed by atoms with van der Waals surface area (Å²) in [7, 11) is -4.16. The number of fused-ring (bicyclic) bond motifs is 1. The fraction of sp³-hybridized carbons (Fsp3) is 0.111. The summed E-state index contributed by atoms with van der Waals surface area (Å²) in [6.45, 7) is -0.640. The topological polar surface area (TPSA) is 46.2 Å². The molecule has 0 fully saturated rings. The average molecular weight is 418 g/mol. The van der Waals surface area contributed by atoms with Gasteiger partial charge in [-0.05, 0) is 35.7 Å². The van der Waals surface area contributed by atoms with Gasteiger partial charge in [0.15, 0.2) is 0 Å². The van der Waals surface area contributed by atoms with Gasteiger partial charge < -0.3 is 0 Å². The largest absolute Gasteiger partial charge is 0.416 e. The number of halogens is 5. The Bertz CT molecular complexity index is 1110. The molecule has 0 spiro atoms. The van der Waals surface area contributed by atoms with E-state index in [1.54, 1.807) is 18.2 Å². The Morgan fingerprint density at radius 3 is 2.33 bits per heavy atom. The van der Waals surface area contributed by atoms with Crippen LogP contribution in [0.15, 0.2) is 59.5 Å². The summed E-state index contributed by atoms with van der Waals surface area (Å²) < 4.78 is 79.6. The van der Waals surface area contributed by atoms with Gasteiger partial charge in [-0.2, -0.15) is 13.2 Å². The molecule has 0 unspecified atom stereocenters. The van der Waals surface area contributed by atoms with E-state index in [1.165, 1.54) is 18.2 Å². The lowest BCUT2D eigenvalue weighted by atomic mass is 10.1. The quantitative estimate of drug-likeness (QED) is 0.598.